The Balaban J connectivity index is 2.10. The summed E-state index contributed by atoms with van der Waals surface area (Å²) in [5.41, 5.74) is 0.371. The third-order valence-electron chi connectivity index (χ3n) is 3.70. The molecule has 1 aromatic heterocycles. The molecule has 2 aromatic carbocycles. The smallest absolute Gasteiger partial charge is 0.395 e. The number of aromatic nitrogens is 1. The molecule has 0 fully saturated rings. The van der Waals surface area contributed by atoms with E-state index in [1.54, 1.807) is 18.3 Å². The molecular weight excluding hydrogens is 367 g/mol. The van der Waals surface area contributed by atoms with Crippen molar-refractivity contribution in [3.05, 3.63) is 60.3 Å². The van der Waals surface area contributed by atoms with E-state index in [0.717, 1.165) is 35.2 Å². The maximum atomic E-state index is 13.3. The van der Waals surface area contributed by atoms with Gasteiger partial charge in [-0.2, -0.15) is 17.5 Å². The predicted molar refractivity (Wildman–Crippen MR) is 93.3 cm³/mol. The molecule has 138 valence electrons. The van der Waals surface area contributed by atoms with Crippen molar-refractivity contribution in [2.24, 2.45) is 4.36 Å². The van der Waals surface area contributed by atoms with Crippen molar-refractivity contribution in [2.45, 2.75) is 11.1 Å². The van der Waals surface area contributed by atoms with E-state index >= 15 is 0 Å². The van der Waals surface area contributed by atoms with Crippen molar-refractivity contribution in [1.29, 1.82) is 0 Å². The van der Waals surface area contributed by atoms with Crippen LogP contribution in [0.15, 0.2) is 64.0 Å². The second kappa shape index (κ2) is 7.10. The molecule has 1 heterocycles. The molecule has 0 saturated carbocycles. The lowest BCUT2D eigenvalue weighted by molar-refractivity contribution is -0.137. The molecule has 1 atom stereocenters. The Kier molecular flexibility index (Phi) is 5.03. The van der Waals surface area contributed by atoms with E-state index in [1.807, 2.05) is 12.1 Å². The second-order valence-electron chi connectivity index (χ2n) is 5.48. The van der Waals surface area contributed by atoms with Gasteiger partial charge in [-0.1, -0.05) is 18.2 Å². The molecule has 0 bridgehead atoms. The normalized spacial score (nSPS) is 14.3. The van der Waals surface area contributed by atoms with E-state index in [9.17, 15) is 17.4 Å². The van der Waals surface area contributed by atoms with Crippen LogP contribution >= 0.6 is 0 Å². The monoisotopic (exact) mass is 383 g/mol. The molecule has 3 N–H and O–H groups in total. The molecule has 0 radical (unpaired) electrons. The minimum absolute atomic E-state index is 0.0221. The highest BCUT2D eigenvalue weighted by atomic mass is 32.2. The van der Waals surface area contributed by atoms with E-state index < -0.39 is 21.7 Å². The number of halogens is 3. The van der Waals surface area contributed by atoms with Crippen LogP contribution in [0.1, 0.15) is 5.56 Å². The van der Waals surface area contributed by atoms with Crippen molar-refractivity contribution in [2.75, 3.05) is 13.2 Å². The highest BCUT2D eigenvalue weighted by Gasteiger charge is 2.30. The Morgan fingerprint density at radius 2 is 1.81 bits per heavy atom. The average molecular weight is 383 g/mol. The number of nitrogens with one attached hydrogen (secondary N) is 2. The first-order valence-electron chi connectivity index (χ1n) is 7.69. The molecule has 26 heavy (non-hydrogen) atoms. The summed E-state index contributed by atoms with van der Waals surface area (Å²) in [6.07, 6.45) is -2.90. The number of H-pyrrole nitrogens is 1. The quantitative estimate of drug-likeness (QED) is 0.626. The van der Waals surface area contributed by atoms with Gasteiger partial charge in [0.2, 0.25) is 0 Å². The summed E-state index contributed by atoms with van der Waals surface area (Å²) in [4.78, 5) is 3.10. The highest BCUT2D eigenvalue weighted by Crippen LogP contribution is 2.31. The fourth-order valence-corrected chi connectivity index (χ4v) is 4.09. The first-order chi connectivity index (χ1) is 12.3. The maximum absolute atomic E-state index is 13.3. The van der Waals surface area contributed by atoms with Crippen LogP contribution in [0.5, 0.6) is 0 Å². The molecule has 9 heteroatoms. The first-order valence-corrected chi connectivity index (χ1v) is 9.21. The number of aliphatic hydroxyl groups is 1. The van der Waals surface area contributed by atoms with Crippen LogP contribution in [0.2, 0.25) is 0 Å². The molecule has 5 nitrogen and oxygen atoms in total. The summed E-state index contributed by atoms with van der Waals surface area (Å²) in [7, 11) is -3.28. The van der Waals surface area contributed by atoms with Crippen LogP contribution in [0, 0.1) is 0 Å². The second-order valence-corrected chi connectivity index (χ2v) is 7.47. The van der Waals surface area contributed by atoms with Crippen LogP contribution in [0.25, 0.3) is 10.9 Å². The summed E-state index contributed by atoms with van der Waals surface area (Å²) in [6, 6.07) is 11.2. The Morgan fingerprint density at radius 3 is 2.46 bits per heavy atom. The fourth-order valence-electron chi connectivity index (χ4n) is 2.45. The van der Waals surface area contributed by atoms with Gasteiger partial charge in [0.05, 0.1) is 22.8 Å². The summed E-state index contributed by atoms with van der Waals surface area (Å²) in [5, 5.41) is 9.77. The van der Waals surface area contributed by atoms with E-state index in [-0.39, 0.29) is 18.0 Å². The van der Waals surface area contributed by atoms with Gasteiger partial charge in [0, 0.05) is 23.6 Å². The van der Waals surface area contributed by atoms with Crippen molar-refractivity contribution in [1.82, 2.24) is 9.71 Å². The number of aliphatic hydroxyl groups excluding tert-OH is 1. The van der Waals surface area contributed by atoms with Gasteiger partial charge in [0.25, 0.3) is 0 Å². The minimum atomic E-state index is -4.48. The predicted octanol–water partition coefficient (Wildman–Crippen LogP) is 3.84. The highest BCUT2D eigenvalue weighted by molar-refractivity contribution is 7.92. The van der Waals surface area contributed by atoms with Crippen LogP contribution in [-0.2, 0) is 16.1 Å². The zero-order valence-corrected chi connectivity index (χ0v) is 14.3. The third kappa shape index (κ3) is 3.74. The van der Waals surface area contributed by atoms with Gasteiger partial charge in [-0.25, -0.2) is 8.93 Å². The Bertz CT molecular complexity index is 1020. The number of aromatic amines is 1. The van der Waals surface area contributed by atoms with E-state index in [1.165, 1.54) is 0 Å². The maximum Gasteiger partial charge on any atom is 0.416 e. The Hall–Kier alpha value is -2.36. The van der Waals surface area contributed by atoms with Gasteiger partial charge in [-0.05, 0) is 30.3 Å². The van der Waals surface area contributed by atoms with Crippen molar-refractivity contribution in [3.63, 3.8) is 0 Å². The van der Waals surface area contributed by atoms with E-state index in [4.69, 9.17) is 5.11 Å². The van der Waals surface area contributed by atoms with Crippen molar-refractivity contribution >= 4 is 26.5 Å². The molecule has 1 unspecified atom stereocenters. The van der Waals surface area contributed by atoms with Gasteiger partial charge in [-0.3, -0.25) is 0 Å². The van der Waals surface area contributed by atoms with Crippen molar-refractivity contribution < 1.29 is 22.5 Å². The SMILES string of the molecule is O=S(=Nc1c[nH]c2ccccc12)(NCCO)c1ccc(C(F)(F)F)cc1. The number of rotatable bonds is 5. The van der Waals surface area contributed by atoms with Crippen molar-refractivity contribution in [3.8, 4) is 0 Å². The number of benzene rings is 2. The van der Waals surface area contributed by atoms with Gasteiger partial charge in [0.1, 0.15) is 9.92 Å². The zero-order chi connectivity index (χ0) is 18.8. The van der Waals surface area contributed by atoms with E-state index in [0.29, 0.717) is 5.69 Å². The summed E-state index contributed by atoms with van der Waals surface area (Å²) in [5.74, 6) is 0. The number of para-hydroxylation sites is 1. The first kappa shape index (κ1) is 18.4. The van der Waals surface area contributed by atoms with E-state index in [2.05, 4.69) is 14.1 Å². The summed E-state index contributed by atoms with van der Waals surface area (Å²) in [6.45, 7) is -0.313. The fraction of sp³-hybridized carbons (Fsp3) is 0.176. The largest absolute Gasteiger partial charge is 0.416 e. The number of fused-ring (bicyclic) bond motifs is 1. The lowest BCUT2D eigenvalue weighted by Crippen LogP contribution is -2.26. The molecule has 0 aliphatic rings. The minimum Gasteiger partial charge on any atom is -0.395 e. The number of alkyl halides is 3. The number of hydrogen-bond donors (Lipinski definition) is 3. The molecule has 0 saturated heterocycles. The summed E-state index contributed by atoms with van der Waals surface area (Å²) < 4.78 is 58.5. The molecule has 0 spiro atoms. The Morgan fingerprint density at radius 1 is 1.12 bits per heavy atom. The van der Waals surface area contributed by atoms with Gasteiger partial charge in [-0.15, -0.1) is 0 Å². The standard InChI is InChI=1S/C17H16F3N3O2S/c18-17(19,20)12-5-7-13(8-6-12)26(25,22-9-10-24)23-16-11-21-15-4-2-1-3-14(15)16/h1-8,11,21,24H,9-10H2,(H,22,23,25). The zero-order valence-electron chi connectivity index (χ0n) is 13.5. The van der Waals surface area contributed by atoms with Gasteiger partial charge >= 0.3 is 6.18 Å². The van der Waals surface area contributed by atoms with Crippen LogP contribution in [0.3, 0.4) is 0 Å². The molecular formula is C17H16F3N3O2S. The van der Waals surface area contributed by atoms with Gasteiger partial charge in [0.15, 0.2) is 0 Å². The van der Waals surface area contributed by atoms with Crippen LogP contribution < -0.4 is 4.72 Å². The third-order valence-corrected chi connectivity index (χ3v) is 5.67. The number of nitrogens with zero attached hydrogens (tertiary/aromatic N) is 1. The average Bonchev–Trinajstić information content (AvgIpc) is 3.02. The van der Waals surface area contributed by atoms with Crippen LogP contribution in [-0.4, -0.2) is 27.5 Å². The lowest BCUT2D eigenvalue weighted by Gasteiger charge is -2.13. The number of hydrogen-bond acceptors (Lipinski definition) is 3. The molecule has 0 aliphatic heterocycles. The topological polar surface area (TPSA) is 77.5 Å². The summed E-state index contributed by atoms with van der Waals surface area (Å²) >= 11 is 0. The molecule has 0 amide bonds. The molecule has 0 aliphatic carbocycles. The molecule has 3 aromatic rings. The van der Waals surface area contributed by atoms with Crippen LogP contribution in [0.4, 0.5) is 18.9 Å². The van der Waals surface area contributed by atoms with Gasteiger partial charge < -0.3 is 10.1 Å². The Labute approximate surface area is 148 Å². The molecule has 3 rings (SSSR count). The lowest BCUT2D eigenvalue weighted by atomic mass is 10.2.